The molecular weight excluding hydrogens is 292 g/mol. The van der Waals surface area contributed by atoms with Crippen molar-refractivity contribution in [2.24, 2.45) is 0 Å². The molecule has 0 saturated carbocycles. The molecule has 0 N–H and O–H groups in total. The van der Waals surface area contributed by atoms with E-state index in [0.29, 0.717) is 0 Å². The van der Waals surface area contributed by atoms with Gasteiger partial charge in [-0.15, -0.1) is 0 Å². The minimum Gasteiger partial charge on any atom is -0.308 e. The minimum atomic E-state index is -3.88. The molecule has 19 heavy (non-hydrogen) atoms. The average Bonchev–Trinajstić information content (AvgIpc) is 2.30. The summed E-state index contributed by atoms with van der Waals surface area (Å²) in [6.45, 7) is 6.67. The Morgan fingerprint density at radius 3 is 1.26 bits per heavy atom. The van der Waals surface area contributed by atoms with E-state index in [2.05, 4.69) is 0 Å². The summed E-state index contributed by atoms with van der Waals surface area (Å²) in [5.41, 5.74) is 0. The van der Waals surface area contributed by atoms with Crippen LogP contribution in [0.25, 0.3) is 0 Å². The van der Waals surface area contributed by atoms with Crippen LogP contribution >= 0.6 is 15.2 Å². The van der Waals surface area contributed by atoms with Crippen LogP contribution in [0.2, 0.25) is 0 Å². The summed E-state index contributed by atoms with van der Waals surface area (Å²) in [5, 5.41) is 7.61. The van der Waals surface area contributed by atoms with E-state index in [-0.39, 0.29) is 26.4 Å². The first-order valence-corrected chi connectivity index (χ1v) is 9.33. The van der Waals surface area contributed by atoms with E-state index in [1.54, 1.807) is 33.8 Å². The van der Waals surface area contributed by atoms with Gasteiger partial charge in [0, 0.05) is 0 Å². The molecule has 0 bridgehead atoms. The van der Waals surface area contributed by atoms with Crippen molar-refractivity contribution in [3.05, 3.63) is 0 Å². The van der Waals surface area contributed by atoms with Crippen LogP contribution in [0.4, 0.5) is 0 Å². The van der Waals surface area contributed by atoms with Crippen molar-refractivity contribution in [1.29, 1.82) is 5.26 Å². The first-order valence-electron chi connectivity index (χ1n) is 6.11. The van der Waals surface area contributed by atoms with Gasteiger partial charge in [-0.05, 0) is 27.7 Å². The summed E-state index contributed by atoms with van der Waals surface area (Å²) in [4.78, 5) is 0. The van der Waals surface area contributed by atoms with Gasteiger partial charge in [-0.3, -0.25) is 9.13 Å². The zero-order valence-corrected chi connectivity index (χ0v) is 13.5. The molecule has 0 aliphatic rings. The van der Waals surface area contributed by atoms with Crippen LogP contribution < -0.4 is 0 Å². The molecule has 0 atom stereocenters. The van der Waals surface area contributed by atoms with E-state index in [9.17, 15) is 14.4 Å². The topological polar surface area (TPSA) is 94.9 Å². The Morgan fingerprint density at radius 1 is 0.842 bits per heavy atom. The molecule has 0 fully saturated rings. The van der Waals surface area contributed by atoms with E-state index >= 15 is 0 Å². The van der Waals surface area contributed by atoms with Gasteiger partial charge in [0.25, 0.3) is 0 Å². The van der Waals surface area contributed by atoms with Crippen molar-refractivity contribution in [3.63, 3.8) is 0 Å². The lowest BCUT2D eigenvalue weighted by atomic mass is 10.9. The van der Waals surface area contributed by atoms with Crippen LogP contribution in [0, 0.1) is 11.3 Å². The van der Waals surface area contributed by atoms with Crippen LogP contribution in [0.1, 0.15) is 27.7 Å². The molecule has 0 aliphatic heterocycles. The van der Waals surface area contributed by atoms with E-state index < -0.39 is 20.6 Å². The van der Waals surface area contributed by atoms with Crippen molar-refractivity contribution in [3.8, 4) is 6.07 Å². The van der Waals surface area contributed by atoms with Gasteiger partial charge in [-0.2, -0.15) is 5.26 Å². The average molecular weight is 313 g/mol. The third-order valence-corrected chi connectivity index (χ3v) is 7.55. The maximum Gasteiger partial charge on any atom is 0.360 e. The SMILES string of the molecule is CCOP(=O)(OCC)C(C#N)P(=O)(OCC)OCC. The van der Waals surface area contributed by atoms with Crippen LogP contribution in [-0.2, 0) is 27.2 Å². The van der Waals surface area contributed by atoms with Gasteiger partial charge in [0.15, 0.2) is 0 Å². The van der Waals surface area contributed by atoms with Crippen molar-refractivity contribution < 1.29 is 27.2 Å². The normalized spacial score (nSPS) is 12.6. The fraction of sp³-hybridized carbons (Fsp3) is 0.900. The van der Waals surface area contributed by atoms with E-state index in [4.69, 9.17) is 18.1 Å². The van der Waals surface area contributed by atoms with Gasteiger partial charge >= 0.3 is 15.2 Å². The van der Waals surface area contributed by atoms with Crippen LogP contribution in [-0.4, -0.2) is 31.8 Å². The highest BCUT2D eigenvalue weighted by Gasteiger charge is 2.51. The lowest BCUT2D eigenvalue weighted by molar-refractivity contribution is 0.200. The maximum atomic E-state index is 12.5. The maximum absolute atomic E-state index is 12.5. The Labute approximate surface area is 114 Å². The predicted molar refractivity (Wildman–Crippen MR) is 71.1 cm³/mol. The minimum absolute atomic E-state index is 0.0632. The Hall–Kier alpha value is -0.210. The van der Waals surface area contributed by atoms with E-state index in [1.807, 2.05) is 0 Å². The Kier molecular flexibility index (Phi) is 8.76. The van der Waals surface area contributed by atoms with Crippen molar-refractivity contribution in [2.45, 2.75) is 33.1 Å². The third-order valence-electron chi connectivity index (χ3n) is 1.95. The standard InChI is InChI=1S/C10H21NO6P2/c1-5-14-18(12,15-6-2)10(9-11)19(13,16-7-3)17-8-4/h10H,5-8H2,1-4H3. The number of hydrogen-bond donors (Lipinski definition) is 0. The number of nitriles is 1. The fourth-order valence-corrected chi connectivity index (χ4v) is 6.01. The summed E-state index contributed by atoms with van der Waals surface area (Å²) in [5.74, 6) is 0. The molecule has 0 spiro atoms. The van der Waals surface area contributed by atoms with Gasteiger partial charge in [0.1, 0.15) is 0 Å². The van der Waals surface area contributed by atoms with Crippen molar-refractivity contribution in [1.82, 2.24) is 0 Å². The summed E-state index contributed by atoms with van der Waals surface area (Å²) < 4.78 is 45.2. The summed E-state index contributed by atoms with van der Waals surface area (Å²) >= 11 is 0. The third kappa shape index (κ3) is 5.00. The van der Waals surface area contributed by atoms with Gasteiger partial charge < -0.3 is 18.1 Å². The quantitative estimate of drug-likeness (QED) is 0.570. The highest BCUT2D eigenvalue weighted by molar-refractivity contribution is 7.73. The highest BCUT2D eigenvalue weighted by atomic mass is 31.2. The number of hydrogen-bond acceptors (Lipinski definition) is 7. The first kappa shape index (κ1) is 18.8. The summed E-state index contributed by atoms with van der Waals surface area (Å²) in [6, 6.07) is 1.70. The van der Waals surface area contributed by atoms with Crippen LogP contribution in [0.5, 0.6) is 0 Å². The molecule has 0 rings (SSSR count). The molecule has 112 valence electrons. The van der Waals surface area contributed by atoms with Gasteiger partial charge in [0.2, 0.25) is 5.40 Å². The molecule has 0 aromatic rings. The Balaban J connectivity index is 5.50. The largest absolute Gasteiger partial charge is 0.360 e. The zero-order valence-electron chi connectivity index (χ0n) is 11.7. The molecular formula is C10H21NO6P2. The molecule has 0 aliphatic carbocycles. The second-order valence-corrected chi connectivity index (χ2v) is 7.89. The zero-order chi connectivity index (χ0) is 14.9. The van der Waals surface area contributed by atoms with Gasteiger partial charge in [0.05, 0.1) is 32.5 Å². The predicted octanol–water partition coefficient (Wildman–Crippen LogP) is 3.37. The summed E-state index contributed by atoms with van der Waals surface area (Å²) in [6.07, 6.45) is 0. The Morgan fingerprint density at radius 2 is 1.11 bits per heavy atom. The lowest BCUT2D eigenvalue weighted by Gasteiger charge is -2.26. The second kappa shape index (κ2) is 8.86. The second-order valence-electron chi connectivity index (χ2n) is 3.25. The van der Waals surface area contributed by atoms with E-state index in [1.165, 1.54) is 0 Å². The van der Waals surface area contributed by atoms with Crippen LogP contribution in [0.3, 0.4) is 0 Å². The molecule has 0 unspecified atom stereocenters. The molecule has 9 heteroatoms. The fourth-order valence-electron chi connectivity index (χ4n) is 1.39. The van der Waals surface area contributed by atoms with Crippen LogP contribution in [0.15, 0.2) is 0 Å². The number of nitrogens with zero attached hydrogens (tertiary/aromatic N) is 1. The smallest absolute Gasteiger partial charge is 0.308 e. The van der Waals surface area contributed by atoms with E-state index in [0.717, 1.165) is 0 Å². The monoisotopic (exact) mass is 313 g/mol. The number of rotatable bonds is 10. The van der Waals surface area contributed by atoms with Gasteiger partial charge in [-0.1, -0.05) is 0 Å². The molecule has 0 heterocycles. The Bertz CT molecular complexity index is 344. The summed E-state index contributed by atoms with van der Waals surface area (Å²) in [7, 11) is -7.77. The molecule has 7 nitrogen and oxygen atoms in total. The van der Waals surface area contributed by atoms with Gasteiger partial charge in [-0.25, -0.2) is 0 Å². The molecule has 0 amide bonds. The first-order chi connectivity index (χ1) is 8.94. The molecule has 0 aromatic carbocycles. The lowest BCUT2D eigenvalue weighted by Crippen LogP contribution is -2.16. The van der Waals surface area contributed by atoms with Crippen molar-refractivity contribution in [2.75, 3.05) is 26.4 Å². The highest BCUT2D eigenvalue weighted by Crippen LogP contribution is 2.70. The molecule has 0 radical (unpaired) electrons. The molecule has 0 saturated heterocycles. The molecule has 0 aromatic heterocycles. The van der Waals surface area contributed by atoms with Crippen molar-refractivity contribution >= 4 is 15.2 Å².